The molecule has 2 aromatic carbocycles. The molecular formula is C18H14N2O3S. The summed E-state index contributed by atoms with van der Waals surface area (Å²) >= 11 is 1.42. The average molecular weight is 338 g/mol. The number of thiazole rings is 1. The number of anilines is 1. The number of nitrogens with zero attached hydrogens (tertiary/aromatic N) is 1. The number of carbonyl (C=O) groups is 1. The first-order valence-electron chi connectivity index (χ1n) is 7.40. The van der Waals surface area contributed by atoms with E-state index in [2.05, 4.69) is 10.3 Å². The molecule has 0 saturated carbocycles. The summed E-state index contributed by atoms with van der Waals surface area (Å²) in [7, 11) is 1.61. The summed E-state index contributed by atoms with van der Waals surface area (Å²) in [5.41, 5.74) is 2.53. The van der Waals surface area contributed by atoms with Crippen LogP contribution in [0.15, 0.2) is 46.9 Å². The third kappa shape index (κ3) is 2.41. The van der Waals surface area contributed by atoms with Gasteiger partial charge in [0.05, 0.1) is 11.8 Å². The molecule has 0 aliphatic rings. The van der Waals surface area contributed by atoms with Crippen molar-refractivity contribution in [1.29, 1.82) is 0 Å². The topological polar surface area (TPSA) is 64.4 Å². The highest BCUT2D eigenvalue weighted by Gasteiger charge is 2.16. The molecule has 4 rings (SSSR count). The van der Waals surface area contributed by atoms with Gasteiger partial charge >= 0.3 is 0 Å². The fourth-order valence-electron chi connectivity index (χ4n) is 2.58. The summed E-state index contributed by atoms with van der Waals surface area (Å²) in [4.78, 5) is 16.9. The van der Waals surface area contributed by atoms with E-state index in [0.717, 1.165) is 21.2 Å². The van der Waals surface area contributed by atoms with Gasteiger partial charge in [0.15, 0.2) is 10.9 Å². The molecule has 0 radical (unpaired) electrons. The predicted molar refractivity (Wildman–Crippen MR) is 95.1 cm³/mol. The van der Waals surface area contributed by atoms with E-state index in [9.17, 15) is 4.79 Å². The summed E-state index contributed by atoms with van der Waals surface area (Å²) in [6, 6.07) is 13.1. The maximum Gasteiger partial charge on any atom is 0.293 e. The molecule has 0 spiro atoms. The van der Waals surface area contributed by atoms with Gasteiger partial charge in [-0.3, -0.25) is 10.1 Å². The predicted octanol–water partition coefficient (Wildman–Crippen LogP) is 4.61. The summed E-state index contributed by atoms with van der Waals surface area (Å²) in [5, 5.41) is 4.22. The molecule has 1 amide bonds. The van der Waals surface area contributed by atoms with Crippen LogP contribution in [0.2, 0.25) is 0 Å². The van der Waals surface area contributed by atoms with Crippen molar-refractivity contribution in [2.24, 2.45) is 0 Å². The van der Waals surface area contributed by atoms with Crippen molar-refractivity contribution in [2.75, 3.05) is 12.4 Å². The molecule has 0 fully saturated rings. The lowest BCUT2D eigenvalue weighted by atomic mass is 10.2. The molecule has 24 heavy (non-hydrogen) atoms. The fourth-order valence-corrected chi connectivity index (χ4v) is 3.53. The number of nitrogens with one attached hydrogen (secondary N) is 1. The van der Waals surface area contributed by atoms with E-state index in [4.69, 9.17) is 9.15 Å². The number of aromatic nitrogens is 1. The Kier molecular flexibility index (Phi) is 3.46. The molecule has 0 atom stereocenters. The van der Waals surface area contributed by atoms with Gasteiger partial charge in [-0.1, -0.05) is 35.6 Å². The Balaban J connectivity index is 1.68. The number of methoxy groups -OCH3 is 1. The van der Waals surface area contributed by atoms with Crippen molar-refractivity contribution in [3.8, 4) is 5.75 Å². The Morgan fingerprint density at radius 2 is 2.08 bits per heavy atom. The van der Waals surface area contributed by atoms with E-state index in [1.54, 1.807) is 13.2 Å². The Morgan fingerprint density at radius 3 is 2.88 bits per heavy atom. The van der Waals surface area contributed by atoms with Crippen molar-refractivity contribution in [2.45, 2.75) is 6.92 Å². The number of fused-ring (bicyclic) bond motifs is 2. The maximum absolute atomic E-state index is 12.4. The summed E-state index contributed by atoms with van der Waals surface area (Å²) in [5.74, 6) is 0.636. The molecule has 6 heteroatoms. The lowest BCUT2D eigenvalue weighted by molar-refractivity contribution is 0.0998. The molecule has 2 heterocycles. The van der Waals surface area contributed by atoms with Crippen molar-refractivity contribution in [3.63, 3.8) is 0 Å². The van der Waals surface area contributed by atoms with Crippen molar-refractivity contribution in [3.05, 3.63) is 53.8 Å². The summed E-state index contributed by atoms with van der Waals surface area (Å²) in [6.07, 6.45) is 0. The van der Waals surface area contributed by atoms with Crippen LogP contribution in [0.4, 0.5) is 5.13 Å². The van der Waals surface area contributed by atoms with Crippen LogP contribution in [-0.2, 0) is 0 Å². The summed E-state index contributed by atoms with van der Waals surface area (Å²) in [6.45, 7) is 2.00. The van der Waals surface area contributed by atoms with Crippen molar-refractivity contribution in [1.82, 2.24) is 4.98 Å². The third-order valence-electron chi connectivity index (χ3n) is 3.79. The van der Waals surface area contributed by atoms with Gasteiger partial charge in [0.25, 0.3) is 5.91 Å². The monoisotopic (exact) mass is 338 g/mol. The van der Waals surface area contributed by atoms with Crippen LogP contribution in [0, 0.1) is 6.92 Å². The Morgan fingerprint density at radius 1 is 1.25 bits per heavy atom. The number of carbonyl (C=O) groups excluding carboxylic acids is 1. The average Bonchev–Trinajstić information content (AvgIpc) is 3.19. The van der Waals surface area contributed by atoms with Crippen LogP contribution in [0.3, 0.4) is 0 Å². The Labute approximate surface area is 141 Å². The van der Waals surface area contributed by atoms with E-state index in [-0.39, 0.29) is 11.7 Å². The molecule has 0 aliphatic carbocycles. The second-order valence-corrected chi connectivity index (χ2v) is 6.38. The van der Waals surface area contributed by atoms with Crippen LogP contribution in [0.5, 0.6) is 5.75 Å². The highest BCUT2D eigenvalue weighted by Crippen LogP contribution is 2.35. The molecule has 0 saturated heterocycles. The molecular weight excluding hydrogens is 324 g/mol. The van der Waals surface area contributed by atoms with Crippen LogP contribution < -0.4 is 10.1 Å². The van der Waals surface area contributed by atoms with Crippen LogP contribution >= 0.6 is 11.3 Å². The first kappa shape index (κ1) is 14.7. The number of furan rings is 1. The normalized spacial score (nSPS) is 11.1. The zero-order valence-corrected chi connectivity index (χ0v) is 13.9. The van der Waals surface area contributed by atoms with Gasteiger partial charge in [-0.15, -0.1) is 0 Å². The standard InChI is InChI=1S/C18H14N2O3S/c1-10-7-8-13(22-2)15-16(10)24-18(19-15)20-17(21)14-9-11-5-3-4-6-12(11)23-14/h3-9H,1-2H3,(H,19,20,21). The van der Waals surface area contributed by atoms with Crippen LogP contribution in [0.25, 0.3) is 21.2 Å². The molecule has 0 aliphatic heterocycles. The smallest absolute Gasteiger partial charge is 0.293 e. The minimum Gasteiger partial charge on any atom is -0.494 e. The van der Waals surface area contributed by atoms with E-state index in [0.29, 0.717) is 16.5 Å². The largest absolute Gasteiger partial charge is 0.494 e. The number of benzene rings is 2. The molecule has 0 unspecified atom stereocenters. The number of hydrogen-bond acceptors (Lipinski definition) is 5. The van der Waals surface area contributed by atoms with Crippen LogP contribution in [-0.4, -0.2) is 18.0 Å². The van der Waals surface area contributed by atoms with E-state index < -0.39 is 0 Å². The minimum atomic E-state index is -0.318. The van der Waals surface area contributed by atoms with E-state index >= 15 is 0 Å². The van der Waals surface area contributed by atoms with Crippen LogP contribution in [0.1, 0.15) is 16.1 Å². The van der Waals surface area contributed by atoms with Gasteiger partial charge < -0.3 is 9.15 Å². The van der Waals surface area contributed by atoms with Gasteiger partial charge in [-0.05, 0) is 30.7 Å². The van der Waals surface area contributed by atoms with E-state index in [1.807, 2.05) is 43.3 Å². The molecule has 2 aromatic heterocycles. The molecule has 1 N–H and O–H groups in total. The number of amides is 1. The number of para-hydroxylation sites is 1. The lowest BCUT2D eigenvalue weighted by Gasteiger charge is -2.01. The van der Waals surface area contributed by atoms with E-state index in [1.165, 1.54) is 11.3 Å². The first-order valence-corrected chi connectivity index (χ1v) is 8.21. The summed E-state index contributed by atoms with van der Waals surface area (Å²) < 4.78 is 11.9. The minimum absolute atomic E-state index is 0.263. The van der Waals surface area contributed by atoms with Gasteiger partial charge in [0.2, 0.25) is 0 Å². The zero-order chi connectivity index (χ0) is 16.7. The van der Waals surface area contributed by atoms with Gasteiger partial charge in [-0.2, -0.15) is 0 Å². The Bertz CT molecular complexity index is 1030. The lowest BCUT2D eigenvalue weighted by Crippen LogP contribution is -2.10. The molecule has 120 valence electrons. The number of rotatable bonds is 3. The molecule has 5 nitrogen and oxygen atoms in total. The van der Waals surface area contributed by atoms with Gasteiger partial charge in [0, 0.05) is 5.39 Å². The highest BCUT2D eigenvalue weighted by atomic mass is 32.1. The SMILES string of the molecule is COc1ccc(C)c2sc(NC(=O)c3cc4ccccc4o3)nc12. The van der Waals surface area contributed by atoms with Crippen molar-refractivity contribution >= 4 is 43.6 Å². The number of ether oxygens (including phenoxy) is 1. The molecule has 4 aromatic rings. The van der Waals surface area contributed by atoms with Crippen molar-refractivity contribution < 1.29 is 13.9 Å². The first-order chi connectivity index (χ1) is 11.7. The Hall–Kier alpha value is -2.86. The second-order valence-electron chi connectivity index (χ2n) is 5.38. The maximum atomic E-state index is 12.4. The highest BCUT2D eigenvalue weighted by molar-refractivity contribution is 7.22. The van der Waals surface area contributed by atoms with Gasteiger partial charge in [-0.25, -0.2) is 4.98 Å². The quantitative estimate of drug-likeness (QED) is 0.592. The van der Waals surface area contributed by atoms with Gasteiger partial charge in [0.1, 0.15) is 16.8 Å². The second kappa shape index (κ2) is 5.65. The fraction of sp³-hybridized carbons (Fsp3) is 0.111. The third-order valence-corrected chi connectivity index (χ3v) is 4.90. The zero-order valence-electron chi connectivity index (χ0n) is 13.1. The molecule has 0 bridgehead atoms. The number of aryl methyl sites for hydroxylation is 1. The number of hydrogen-bond donors (Lipinski definition) is 1.